The molecule has 0 spiro atoms. The molecule has 8 heteroatoms. The van der Waals surface area contributed by atoms with Crippen LogP contribution in [0.5, 0.6) is 5.75 Å². The number of carbonyl (C=O) groups excluding carboxylic acids is 2. The number of rotatable bonds is 7. The van der Waals surface area contributed by atoms with Crippen LogP contribution in [0.1, 0.15) is 51.9 Å². The van der Waals surface area contributed by atoms with Crippen LogP contribution in [0.2, 0.25) is 0 Å². The second kappa shape index (κ2) is 9.93. The van der Waals surface area contributed by atoms with E-state index in [-0.39, 0.29) is 23.2 Å². The van der Waals surface area contributed by atoms with E-state index in [1.165, 1.54) is 11.1 Å². The Hall–Kier alpha value is -4.46. The number of halogens is 1. The van der Waals surface area contributed by atoms with Crippen molar-refractivity contribution in [3.63, 3.8) is 0 Å². The van der Waals surface area contributed by atoms with Gasteiger partial charge in [-0.2, -0.15) is 10.1 Å². The Morgan fingerprint density at radius 1 is 1.05 bits per heavy atom. The largest absolute Gasteiger partial charge is 0.496 e. The Morgan fingerprint density at radius 3 is 2.52 bits per heavy atom. The van der Waals surface area contributed by atoms with Gasteiger partial charge >= 0.3 is 0 Å². The highest BCUT2D eigenvalue weighted by Gasteiger charge is 2.46. The number of aryl methyl sites for hydroxylation is 2. The zero-order chi connectivity index (χ0) is 28.0. The number of hydrazone groups is 1. The molecule has 3 aromatic rings. The van der Waals surface area contributed by atoms with Crippen LogP contribution in [0.3, 0.4) is 0 Å². The number of nitrogens with one attached hydrogen (secondary N) is 1. The summed E-state index contributed by atoms with van der Waals surface area (Å²) in [5.41, 5.74) is 5.76. The molecule has 7 nitrogen and oxygen atoms in total. The van der Waals surface area contributed by atoms with E-state index in [1.807, 2.05) is 49.5 Å². The highest BCUT2D eigenvalue weighted by atomic mass is 19.1. The summed E-state index contributed by atoms with van der Waals surface area (Å²) in [5, 5.41) is 9.09. The molecule has 2 amide bonds. The van der Waals surface area contributed by atoms with Crippen LogP contribution in [-0.4, -0.2) is 36.1 Å². The average molecular weight is 539 g/mol. The van der Waals surface area contributed by atoms with Crippen molar-refractivity contribution in [1.29, 1.82) is 0 Å². The SMILES string of the molecule is COc1cc(C2(NC(=O)c3ccc(CN4C=C5C(=O)N(c6ccc(F)c(C)c6)N=C5CC4)cc3)CC2)ccc1C. The van der Waals surface area contributed by atoms with Gasteiger partial charge in [-0.3, -0.25) is 9.59 Å². The number of nitrogens with zero attached hydrogens (tertiary/aromatic N) is 3. The molecule has 0 saturated heterocycles. The van der Waals surface area contributed by atoms with Crippen LogP contribution in [-0.2, 0) is 16.9 Å². The maximum Gasteiger partial charge on any atom is 0.282 e. The summed E-state index contributed by atoms with van der Waals surface area (Å²) in [4.78, 5) is 28.3. The van der Waals surface area contributed by atoms with Gasteiger partial charge in [0.15, 0.2) is 0 Å². The first-order chi connectivity index (χ1) is 19.3. The molecule has 0 atom stereocenters. The van der Waals surface area contributed by atoms with E-state index in [1.54, 1.807) is 26.2 Å². The molecule has 3 aromatic carbocycles. The van der Waals surface area contributed by atoms with E-state index in [0.29, 0.717) is 35.4 Å². The molecule has 0 unspecified atom stereocenters. The summed E-state index contributed by atoms with van der Waals surface area (Å²) in [6, 6.07) is 18.3. The Labute approximate surface area is 232 Å². The Bertz CT molecular complexity index is 1570. The van der Waals surface area contributed by atoms with Crippen molar-refractivity contribution >= 4 is 23.2 Å². The fourth-order valence-electron chi connectivity index (χ4n) is 5.34. The second-order valence-electron chi connectivity index (χ2n) is 10.8. The molecular weight excluding hydrogens is 507 g/mol. The smallest absolute Gasteiger partial charge is 0.282 e. The Balaban J connectivity index is 1.11. The van der Waals surface area contributed by atoms with E-state index in [4.69, 9.17) is 4.74 Å². The Kier molecular flexibility index (Phi) is 6.41. The molecule has 1 fully saturated rings. The van der Waals surface area contributed by atoms with Gasteiger partial charge < -0.3 is 15.0 Å². The van der Waals surface area contributed by atoms with Gasteiger partial charge in [-0.25, -0.2) is 4.39 Å². The van der Waals surface area contributed by atoms with Crippen molar-refractivity contribution in [1.82, 2.24) is 10.2 Å². The average Bonchev–Trinajstić information content (AvgIpc) is 3.67. The van der Waals surface area contributed by atoms with Crippen LogP contribution in [0.4, 0.5) is 10.1 Å². The number of hydrogen-bond donors (Lipinski definition) is 1. The van der Waals surface area contributed by atoms with Crippen LogP contribution >= 0.6 is 0 Å². The number of fused-ring (bicyclic) bond motifs is 1. The normalized spacial score (nSPS) is 17.2. The third-order valence-electron chi connectivity index (χ3n) is 7.95. The van der Waals surface area contributed by atoms with Crippen LogP contribution in [0.25, 0.3) is 0 Å². The van der Waals surface area contributed by atoms with Gasteiger partial charge in [-0.1, -0.05) is 24.3 Å². The predicted molar refractivity (Wildman–Crippen MR) is 152 cm³/mol. The van der Waals surface area contributed by atoms with Crippen molar-refractivity contribution in [2.75, 3.05) is 18.7 Å². The molecule has 2 aliphatic heterocycles. The molecule has 1 aliphatic carbocycles. The molecule has 0 radical (unpaired) electrons. The summed E-state index contributed by atoms with van der Waals surface area (Å²) < 4.78 is 19.2. The fourth-order valence-corrected chi connectivity index (χ4v) is 5.34. The monoisotopic (exact) mass is 538 g/mol. The van der Waals surface area contributed by atoms with Gasteiger partial charge in [0.1, 0.15) is 11.6 Å². The van der Waals surface area contributed by atoms with Gasteiger partial charge in [0, 0.05) is 31.3 Å². The van der Waals surface area contributed by atoms with Crippen molar-refractivity contribution in [3.8, 4) is 5.75 Å². The molecule has 204 valence electrons. The second-order valence-corrected chi connectivity index (χ2v) is 10.8. The minimum absolute atomic E-state index is 0.0998. The highest BCUT2D eigenvalue weighted by Crippen LogP contribution is 2.46. The van der Waals surface area contributed by atoms with Crippen molar-refractivity contribution in [2.24, 2.45) is 5.10 Å². The zero-order valence-corrected chi connectivity index (χ0v) is 22.8. The zero-order valence-electron chi connectivity index (χ0n) is 22.8. The lowest BCUT2D eigenvalue weighted by atomic mass is 10.0. The predicted octanol–water partition coefficient (Wildman–Crippen LogP) is 5.36. The first-order valence-electron chi connectivity index (χ1n) is 13.5. The molecule has 40 heavy (non-hydrogen) atoms. The van der Waals surface area contributed by atoms with Crippen LogP contribution in [0, 0.1) is 19.7 Å². The van der Waals surface area contributed by atoms with Crippen molar-refractivity contribution in [2.45, 2.75) is 45.2 Å². The molecule has 1 N–H and O–H groups in total. The number of anilines is 1. The number of amides is 2. The third kappa shape index (κ3) is 4.74. The van der Waals surface area contributed by atoms with Crippen molar-refractivity contribution in [3.05, 3.63) is 106 Å². The third-order valence-corrected chi connectivity index (χ3v) is 7.95. The van der Waals surface area contributed by atoms with Gasteiger partial charge in [-0.05, 0) is 85.3 Å². The topological polar surface area (TPSA) is 74.2 Å². The number of hydrogen-bond acceptors (Lipinski definition) is 5. The van der Waals surface area contributed by atoms with Gasteiger partial charge in [0.05, 0.1) is 29.6 Å². The molecule has 1 saturated carbocycles. The maximum absolute atomic E-state index is 13.7. The lowest BCUT2D eigenvalue weighted by Crippen LogP contribution is -2.34. The Morgan fingerprint density at radius 2 is 1.82 bits per heavy atom. The van der Waals surface area contributed by atoms with E-state index < -0.39 is 0 Å². The first-order valence-corrected chi connectivity index (χ1v) is 13.5. The summed E-state index contributed by atoms with van der Waals surface area (Å²) in [5.74, 6) is 0.203. The first kappa shape index (κ1) is 25.8. The van der Waals surface area contributed by atoms with E-state index in [9.17, 15) is 14.0 Å². The summed E-state index contributed by atoms with van der Waals surface area (Å²) in [7, 11) is 1.66. The summed E-state index contributed by atoms with van der Waals surface area (Å²) in [6.45, 7) is 5.00. The lowest BCUT2D eigenvalue weighted by Gasteiger charge is -2.25. The minimum atomic E-state index is -0.343. The molecule has 0 aromatic heterocycles. The summed E-state index contributed by atoms with van der Waals surface area (Å²) in [6.07, 6.45) is 4.29. The molecule has 6 rings (SSSR count). The van der Waals surface area contributed by atoms with Crippen molar-refractivity contribution < 1.29 is 18.7 Å². The fraction of sp³-hybridized carbons (Fsp3) is 0.281. The van der Waals surface area contributed by atoms with Crippen LogP contribution in [0.15, 0.2) is 77.5 Å². The minimum Gasteiger partial charge on any atom is -0.496 e. The standard InChI is InChI=1S/C32H31FN4O3/c1-20-4-9-24(17-29(20)40-3)32(13-14-32)34-30(38)23-7-5-22(6-8-23)18-36-15-12-28-26(19-36)31(39)37(35-28)25-10-11-27(33)21(2)16-25/h4-11,16-17,19H,12-15,18H2,1-3H3,(H,34,38). The molecule has 2 heterocycles. The van der Waals surface area contributed by atoms with Gasteiger partial charge in [0.2, 0.25) is 0 Å². The molecular formula is C32H31FN4O3. The molecule has 3 aliphatic rings. The molecule has 0 bridgehead atoms. The number of ether oxygens (including phenoxy) is 1. The van der Waals surface area contributed by atoms with E-state index >= 15 is 0 Å². The van der Waals surface area contributed by atoms with E-state index in [0.717, 1.165) is 47.5 Å². The van der Waals surface area contributed by atoms with E-state index in [2.05, 4.69) is 21.4 Å². The summed E-state index contributed by atoms with van der Waals surface area (Å²) >= 11 is 0. The number of methoxy groups -OCH3 is 1. The number of benzene rings is 3. The van der Waals surface area contributed by atoms with Gasteiger partial charge in [-0.15, -0.1) is 0 Å². The highest BCUT2D eigenvalue weighted by molar-refractivity contribution is 6.30. The van der Waals surface area contributed by atoms with Crippen LogP contribution < -0.4 is 15.1 Å². The quantitative estimate of drug-likeness (QED) is 0.440. The maximum atomic E-state index is 13.7. The number of carbonyl (C=O) groups is 2. The lowest BCUT2D eigenvalue weighted by molar-refractivity contribution is -0.114. The van der Waals surface area contributed by atoms with Gasteiger partial charge in [0.25, 0.3) is 11.8 Å².